The van der Waals surface area contributed by atoms with Crippen LogP contribution in [0.2, 0.25) is 0 Å². The van der Waals surface area contributed by atoms with Gasteiger partial charge in [0.15, 0.2) is 5.11 Å². The molecule has 2 rings (SSSR count). The number of anilines is 1. The Kier molecular flexibility index (Phi) is 4.92. The van der Waals surface area contributed by atoms with E-state index in [-0.39, 0.29) is 0 Å². The molecule has 1 aromatic rings. The first-order valence-corrected chi connectivity index (χ1v) is 8.31. The Morgan fingerprint density at radius 1 is 1.19 bits per heavy atom. The molecule has 0 unspecified atom stereocenters. The number of hydrogen-bond acceptors (Lipinski definition) is 1. The zero-order chi connectivity index (χ0) is 15.6. The average molecular weight is 305 g/mol. The topological polar surface area (TPSA) is 24.1 Å². The average Bonchev–Trinajstić information content (AvgIpc) is 2.31. The highest BCUT2D eigenvalue weighted by atomic mass is 32.1. The Morgan fingerprint density at radius 3 is 2.38 bits per heavy atom. The molecule has 2 nitrogen and oxygen atoms in total. The second-order valence-electron chi connectivity index (χ2n) is 7.48. The molecule has 2 N–H and O–H groups in total. The molecule has 0 aromatic heterocycles. The van der Waals surface area contributed by atoms with Crippen LogP contribution in [0.25, 0.3) is 0 Å². The fourth-order valence-corrected chi connectivity index (χ4v) is 4.07. The first-order valence-electron chi connectivity index (χ1n) is 7.90. The van der Waals surface area contributed by atoms with Crippen LogP contribution in [0.4, 0.5) is 5.69 Å². The minimum atomic E-state index is 0.406. The van der Waals surface area contributed by atoms with Crippen LogP contribution in [0, 0.1) is 25.2 Å². The van der Waals surface area contributed by atoms with Crippen molar-refractivity contribution < 1.29 is 0 Å². The molecule has 0 saturated heterocycles. The van der Waals surface area contributed by atoms with Gasteiger partial charge in [0.05, 0.1) is 0 Å². The first-order chi connectivity index (χ1) is 9.77. The van der Waals surface area contributed by atoms with Gasteiger partial charge in [-0.05, 0) is 67.8 Å². The van der Waals surface area contributed by atoms with Crippen molar-refractivity contribution in [2.45, 2.75) is 59.9 Å². The highest BCUT2D eigenvalue weighted by Crippen LogP contribution is 2.38. The number of para-hydroxylation sites is 1. The lowest BCUT2D eigenvalue weighted by atomic mass is 9.71. The van der Waals surface area contributed by atoms with Crippen LogP contribution < -0.4 is 10.6 Å². The zero-order valence-electron chi connectivity index (χ0n) is 13.9. The van der Waals surface area contributed by atoms with E-state index in [0.29, 0.717) is 11.5 Å². The Morgan fingerprint density at radius 2 is 1.81 bits per heavy atom. The van der Waals surface area contributed by atoms with Crippen molar-refractivity contribution in [1.29, 1.82) is 0 Å². The van der Waals surface area contributed by atoms with Crippen molar-refractivity contribution in [3.8, 4) is 0 Å². The predicted molar refractivity (Wildman–Crippen MR) is 95.9 cm³/mol. The molecule has 1 aromatic carbocycles. The quantitative estimate of drug-likeness (QED) is 0.767. The molecule has 0 aliphatic heterocycles. The molecule has 3 heteroatoms. The number of hydrogen-bond donors (Lipinski definition) is 2. The van der Waals surface area contributed by atoms with Crippen LogP contribution in [-0.2, 0) is 0 Å². The molecule has 1 saturated carbocycles. The van der Waals surface area contributed by atoms with Gasteiger partial charge in [-0.1, -0.05) is 39.0 Å². The van der Waals surface area contributed by atoms with Gasteiger partial charge in [-0.25, -0.2) is 0 Å². The molecular formula is C18H28N2S. The van der Waals surface area contributed by atoms with E-state index in [0.717, 1.165) is 16.7 Å². The number of aryl methyl sites for hydroxylation is 2. The lowest BCUT2D eigenvalue weighted by molar-refractivity contribution is 0.162. The monoisotopic (exact) mass is 304 g/mol. The maximum Gasteiger partial charge on any atom is 0.171 e. The number of nitrogens with one attached hydrogen (secondary N) is 2. The highest BCUT2D eigenvalue weighted by Gasteiger charge is 2.32. The molecule has 1 aliphatic carbocycles. The summed E-state index contributed by atoms with van der Waals surface area (Å²) in [5.74, 6) is 0.759. The third-order valence-corrected chi connectivity index (χ3v) is 4.66. The summed E-state index contributed by atoms with van der Waals surface area (Å²) < 4.78 is 0. The van der Waals surface area contributed by atoms with Crippen molar-refractivity contribution in [1.82, 2.24) is 5.32 Å². The Hall–Kier alpha value is -1.09. The van der Waals surface area contributed by atoms with E-state index >= 15 is 0 Å². The van der Waals surface area contributed by atoms with Gasteiger partial charge < -0.3 is 10.6 Å². The second kappa shape index (κ2) is 6.35. The summed E-state index contributed by atoms with van der Waals surface area (Å²) in [5, 5.41) is 7.67. The van der Waals surface area contributed by atoms with Gasteiger partial charge in [-0.2, -0.15) is 0 Å². The minimum absolute atomic E-state index is 0.406. The normalized spacial score (nSPS) is 24.4. The standard InChI is InChI=1S/C18H28N2S/c1-12-9-15(11-18(4,5)10-12)19-17(21)20-16-13(2)7-6-8-14(16)3/h6-8,12,15H,9-11H2,1-5H3,(H2,19,20,21)/t12-,15+/m0/s1. The number of rotatable bonds is 2. The number of thiocarbonyl (C=S) groups is 1. The largest absolute Gasteiger partial charge is 0.360 e. The molecule has 0 radical (unpaired) electrons. The van der Waals surface area contributed by atoms with Crippen LogP contribution in [0.1, 0.15) is 51.2 Å². The molecule has 0 amide bonds. The lowest BCUT2D eigenvalue weighted by Crippen LogP contribution is -2.44. The summed E-state index contributed by atoms with van der Waals surface area (Å²) in [5.41, 5.74) is 4.01. The fraction of sp³-hybridized carbons (Fsp3) is 0.611. The Labute approximate surface area is 134 Å². The van der Waals surface area contributed by atoms with E-state index in [1.54, 1.807) is 0 Å². The molecule has 0 heterocycles. The summed E-state index contributed by atoms with van der Waals surface area (Å²) in [4.78, 5) is 0. The van der Waals surface area contributed by atoms with E-state index in [1.807, 2.05) is 0 Å². The van der Waals surface area contributed by atoms with Crippen LogP contribution in [0.3, 0.4) is 0 Å². The van der Waals surface area contributed by atoms with E-state index in [9.17, 15) is 0 Å². The van der Waals surface area contributed by atoms with Crippen LogP contribution in [-0.4, -0.2) is 11.2 Å². The summed E-state index contributed by atoms with van der Waals surface area (Å²) >= 11 is 5.53. The van der Waals surface area contributed by atoms with Crippen molar-refractivity contribution in [2.24, 2.45) is 11.3 Å². The second-order valence-corrected chi connectivity index (χ2v) is 7.88. The molecule has 21 heavy (non-hydrogen) atoms. The van der Waals surface area contributed by atoms with Crippen LogP contribution in [0.5, 0.6) is 0 Å². The Bertz CT molecular complexity index is 502. The maximum absolute atomic E-state index is 5.53. The minimum Gasteiger partial charge on any atom is -0.360 e. The predicted octanol–water partition coefficient (Wildman–Crippen LogP) is 4.80. The zero-order valence-corrected chi connectivity index (χ0v) is 14.7. The molecule has 0 spiro atoms. The van der Waals surface area contributed by atoms with Gasteiger partial charge in [0, 0.05) is 11.7 Å². The van der Waals surface area contributed by atoms with Crippen molar-refractivity contribution in [3.63, 3.8) is 0 Å². The maximum atomic E-state index is 5.53. The summed E-state index contributed by atoms with van der Waals surface area (Å²) in [6.45, 7) is 11.3. The van der Waals surface area contributed by atoms with Gasteiger partial charge in [0.2, 0.25) is 0 Å². The molecule has 2 atom stereocenters. The summed E-state index contributed by atoms with van der Waals surface area (Å²) in [7, 11) is 0. The van der Waals surface area contributed by atoms with E-state index in [1.165, 1.54) is 30.4 Å². The summed E-state index contributed by atoms with van der Waals surface area (Å²) in [6, 6.07) is 6.79. The lowest BCUT2D eigenvalue weighted by Gasteiger charge is -2.39. The molecule has 0 bridgehead atoms. The molecular weight excluding hydrogens is 276 g/mol. The van der Waals surface area contributed by atoms with Gasteiger partial charge >= 0.3 is 0 Å². The first kappa shape index (κ1) is 16.3. The van der Waals surface area contributed by atoms with E-state index < -0.39 is 0 Å². The van der Waals surface area contributed by atoms with Crippen molar-refractivity contribution in [2.75, 3.05) is 5.32 Å². The molecule has 1 aliphatic rings. The van der Waals surface area contributed by atoms with Gasteiger partial charge in [0.25, 0.3) is 0 Å². The van der Waals surface area contributed by atoms with E-state index in [2.05, 4.69) is 63.5 Å². The van der Waals surface area contributed by atoms with Gasteiger partial charge in [-0.3, -0.25) is 0 Å². The highest BCUT2D eigenvalue weighted by molar-refractivity contribution is 7.80. The van der Waals surface area contributed by atoms with Gasteiger partial charge in [-0.15, -0.1) is 0 Å². The molecule has 1 fully saturated rings. The van der Waals surface area contributed by atoms with Crippen molar-refractivity contribution >= 4 is 23.0 Å². The van der Waals surface area contributed by atoms with Crippen LogP contribution >= 0.6 is 12.2 Å². The smallest absolute Gasteiger partial charge is 0.171 e. The third-order valence-electron chi connectivity index (χ3n) is 4.44. The third kappa shape index (κ3) is 4.44. The van der Waals surface area contributed by atoms with E-state index in [4.69, 9.17) is 12.2 Å². The summed E-state index contributed by atoms with van der Waals surface area (Å²) in [6.07, 6.45) is 3.70. The number of benzene rings is 1. The fourth-order valence-electron chi connectivity index (χ4n) is 3.80. The SMILES string of the molecule is Cc1cccc(C)c1NC(=S)N[C@@H]1C[C@H](C)CC(C)(C)C1. The Balaban J connectivity index is 1.99. The van der Waals surface area contributed by atoms with Crippen LogP contribution in [0.15, 0.2) is 18.2 Å². The van der Waals surface area contributed by atoms with Crippen molar-refractivity contribution in [3.05, 3.63) is 29.3 Å². The van der Waals surface area contributed by atoms with Gasteiger partial charge in [0.1, 0.15) is 0 Å². The molecule has 116 valence electrons.